The summed E-state index contributed by atoms with van der Waals surface area (Å²) < 4.78 is 5.60. The molecule has 0 atom stereocenters. The fourth-order valence-corrected chi connectivity index (χ4v) is 1.78. The second kappa shape index (κ2) is 7.19. The van der Waals surface area contributed by atoms with Crippen molar-refractivity contribution in [1.82, 2.24) is 5.32 Å². The molecule has 7 nitrogen and oxygen atoms in total. The van der Waals surface area contributed by atoms with E-state index in [1.807, 2.05) is 6.07 Å². The van der Waals surface area contributed by atoms with Crippen molar-refractivity contribution in [2.75, 3.05) is 13.2 Å². The van der Waals surface area contributed by atoms with Crippen molar-refractivity contribution in [3.63, 3.8) is 0 Å². The van der Waals surface area contributed by atoms with E-state index in [1.54, 1.807) is 24.3 Å². The molecule has 0 saturated carbocycles. The maximum Gasteiger partial charge on any atom is 0.270 e. The van der Waals surface area contributed by atoms with Crippen molar-refractivity contribution >= 4 is 11.6 Å². The SMILES string of the molecule is O=C(NCCO)c1cc([N+](=O)[O-])ccc1Oc1ccccc1. The first-order chi connectivity index (χ1) is 10.6. The average Bonchev–Trinajstić information content (AvgIpc) is 2.53. The third-order valence-corrected chi connectivity index (χ3v) is 2.79. The fourth-order valence-electron chi connectivity index (χ4n) is 1.78. The minimum atomic E-state index is -0.588. The largest absolute Gasteiger partial charge is 0.457 e. The van der Waals surface area contributed by atoms with Crippen LogP contribution in [0.1, 0.15) is 10.4 Å². The summed E-state index contributed by atoms with van der Waals surface area (Å²) in [5.41, 5.74) is -0.180. The number of rotatable bonds is 6. The summed E-state index contributed by atoms with van der Waals surface area (Å²) in [6, 6.07) is 12.6. The molecule has 2 aromatic carbocycles. The molecule has 0 radical (unpaired) electrons. The molecule has 2 rings (SSSR count). The Morgan fingerprint density at radius 1 is 1.23 bits per heavy atom. The van der Waals surface area contributed by atoms with Gasteiger partial charge in [0.25, 0.3) is 11.6 Å². The zero-order chi connectivity index (χ0) is 15.9. The number of carbonyl (C=O) groups is 1. The predicted molar refractivity (Wildman–Crippen MR) is 79.0 cm³/mol. The van der Waals surface area contributed by atoms with Crippen LogP contribution < -0.4 is 10.1 Å². The number of ether oxygens (including phenoxy) is 1. The average molecular weight is 302 g/mol. The number of carbonyl (C=O) groups excluding carboxylic acids is 1. The van der Waals surface area contributed by atoms with Gasteiger partial charge in [0.1, 0.15) is 11.5 Å². The molecule has 22 heavy (non-hydrogen) atoms. The minimum absolute atomic E-state index is 0.0338. The van der Waals surface area contributed by atoms with Crippen LogP contribution >= 0.6 is 0 Å². The summed E-state index contributed by atoms with van der Waals surface area (Å²) in [5.74, 6) is 0.156. The number of hydrogen-bond donors (Lipinski definition) is 2. The molecule has 1 amide bonds. The van der Waals surface area contributed by atoms with Gasteiger partial charge in [-0.25, -0.2) is 0 Å². The lowest BCUT2D eigenvalue weighted by atomic mass is 10.1. The van der Waals surface area contributed by atoms with Crippen molar-refractivity contribution in [1.29, 1.82) is 0 Å². The molecule has 0 aliphatic heterocycles. The van der Waals surface area contributed by atoms with Crippen LogP contribution in [0.25, 0.3) is 0 Å². The van der Waals surface area contributed by atoms with Crippen LogP contribution in [0, 0.1) is 10.1 Å². The molecular formula is C15H14N2O5. The molecule has 0 aliphatic rings. The van der Waals surface area contributed by atoms with Crippen LogP contribution in [0.2, 0.25) is 0 Å². The number of nitrogens with zero attached hydrogens (tertiary/aromatic N) is 1. The molecule has 0 heterocycles. The maximum absolute atomic E-state index is 12.1. The Balaban J connectivity index is 2.35. The van der Waals surface area contributed by atoms with Crippen molar-refractivity contribution < 1.29 is 19.6 Å². The molecular weight excluding hydrogens is 288 g/mol. The van der Waals surface area contributed by atoms with E-state index in [0.717, 1.165) is 6.07 Å². The molecule has 0 spiro atoms. The zero-order valence-corrected chi connectivity index (χ0v) is 11.6. The first-order valence-corrected chi connectivity index (χ1v) is 6.52. The van der Waals surface area contributed by atoms with Gasteiger partial charge < -0.3 is 15.2 Å². The number of nitro groups is 1. The lowest BCUT2D eigenvalue weighted by molar-refractivity contribution is -0.384. The molecule has 0 fully saturated rings. The van der Waals surface area contributed by atoms with Gasteiger partial charge in [-0.05, 0) is 18.2 Å². The summed E-state index contributed by atoms with van der Waals surface area (Å²) in [6.45, 7) is -0.179. The van der Waals surface area contributed by atoms with Gasteiger partial charge in [-0.3, -0.25) is 14.9 Å². The molecule has 2 N–H and O–H groups in total. The van der Waals surface area contributed by atoms with Crippen LogP contribution in [-0.2, 0) is 0 Å². The summed E-state index contributed by atoms with van der Waals surface area (Å²) in [4.78, 5) is 22.3. The van der Waals surface area contributed by atoms with Gasteiger partial charge in [0.15, 0.2) is 0 Å². The van der Waals surface area contributed by atoms with E-state index in [0.29, 0.717) is 5.75 Å². The Morgan fingerprint density at radius 2 is 1.95 bits per heavy atom. The molecule has 0 bridgehead atoms. The highest BCUT2D eigenvalue weighted by atomic mass is 16.6. The van der Waals surface area contributed by atoms with E-state index in [9.17, 15) is 14.9 Å². The van der Waals surface area contributed by atoms with Crippen LogP contribution in [-0.4, -0.2) is 29.1 Å². The van der Waals surface area contributed by atoms with Crippen LogP contribution in [0.5, 0.6) is 11.5 Å². The second-order valence-corrected chi connectivity index (χ2v) is 4.33. The third-order valence-electron chi connectivity index (χ3n) is 2.79. The highest BCUT2D eigenvalue weighted by Gasteiger charge is 2.18. The molecule has 0 unspecified atom stereocenters. The molecule has 0 aromatic heterocycles. The van der Waals surface area contributed by atoms with Gasteiger partial charge >= 0.3 is 0 Å². The zero-order valence-electron chi connectivity index (χ0n) is 11.6. The van der Waals surface area contributed by atoms with Crippen LogP contribution in [0.3, 0.4) is 0 Å². The molecule has 2 aromatic rings. The van der Waals surface area contributed by atoms with Gasteiger partial charge in [-0.1, -0.05) is 18.2 Å². The van der Waals surface area contributed by atoms with Crippen LogP contribution in [0.15, 0.2) is 48.5 Å². The lowest BCUT2D eigenvalue weighted by Crippen LogP contribution is -2.26. The number of amides is 1. The van der Waals surface area contributed by atoms with Gasteiger partial charge in [-0.15, -0.1) is 0 Å². The number of non-ortho nitro benzene ring substituents is 1. The normalized spacial score (nSPS) is 10.0. The Labute approximate surface area is 126 Å². The highest BCUT2D eigenvalue weighted by molar-refractivity contribution is 5.97. The maximum atomic E-state index is 12.1. The first kappa shape index (κ1) is 15.5. The van der Waals surface area contributed by atoms with Crippen molar-refractivity contribution in [3.05, 3.63) is 64.2 Å². The lowest BCUT2D eigenvalue weighted by Gasteiger charge is -2.11. The number of nitro benzene ring substituents is 1. The number of hydrogen-bond acceptors (Lipinski definition) is 5. The number of para-hydroxylation sites is 1. The van der Waals surface area contributed by atoms with E-state index in [-0.39, 0.29) is 30.2 Å². The molecule has 114 valence electrons. The van der Waals surface area contributed by atoms with Crippen molar-refractivity contribution in [2.24, 2.45) is 0 Å². The van der Waals surface area contributed by atoms with E-state index in [2.05, 4.69) is 5.32 Å². The number of aliphatic hydroxyl groups excluding tert-OH is 1. The summed E-state index contributed by atoms with van der Waals surface area (Å²) in [7, 11) is 0. The van der Waals surface area contributed by atoms with Gasteiger partial charge in [0.05, 0.1) is 17.1 Å². The second-order valence-electron chi connectivity index (χ2n) is 4.33. The van der Waals surface area contributed by atoms with Gasteiger partial charge in [0, 0.05) is 18.7 Å². The number of aliphatic hydroxyl groups is 1. The standard InChI is InChI=1S/C15H14N2O5/c18-9-8-16-15(19)13-10-11(17(20)21)6-7-14(13)22-12-4-2-1-3-5-12/h1-7,10,18H,8-9H2,(H,16,19). The predicted octanol–water partition coefficient (Wildman–Crippen LogP) is 2.11. The van der Waals surface area contributed by atoms with Crippen molar-refractivity contribution in [3.8, 4) is 11.5 Å². The number of benzene rings is 2. The molecule has 7 heteroatoms. The Kier molecular flexibility index (Phi) is 5.05. The fraction of sp³-hybridized carbons (Fsp3) is 0.133. The Morgan fingerprint density at radius 3 is 2.59 bits per heavy atom. The van der Waals surface area contributed by atoms with E-state index in [1.165, 1.54) is 12.1 Å². The summed E-state index contributed by atoms with van der Waals surface area (Å²) in [5, 5.41) is 22.1. The van der Waals surface area contributed by atoms with E-state index in [4.69, 9.17) is 9.84 Å². The number of nitrogens with one attached hydrogen (secondary N) is 1. The minimum Gasteiger partial charge on any atom is -0.457 e. The topological polar surface area (TPSA) is 102 Å². The highest BCUT2D eigenvalue weighted by Crippen LogP contribution is 2.28. The molecule has 0 saturated heterocycles. The van der Waals surface area contributed by atoms with Crippen LogP contribution in [0.4, 0.5) is 5.69 Å². The van der Waals surface area contributed by atoms with Gasteiger partial charge in [-0.2, -0.15) is 0 Å². The summed E-state index contributed by atoms with van der Waals surface area (Å²) >= 11 is 0. The Hall–Kier alpha value is -2.93. The molecule has 0 aliphatic carbocycles. The van der Waals surface area contributed by atoms with Gasteiger partial charge in [0.2, 0.25) is 0 Å². The smallest absolute Gasteiger partial charge is 0.270 e. The first-order valence-electron chi connectivity index (χ1n) is 6.52. The third kappa shape index (κ3) is 3.80. The quantitative estimate of drug-likeness (QED) is 0.628. The summed E-state index contributed by atoms with van der Waals surface area (Å²) in [6.07, 6.45) is 0. The van der Waals surface area contributed by atoms with E-state index < -0.39 is 10.8 Å². The van der Waals surface area contributed by atoms with Crippen molar-refractivity contribution in [2.45, 2.75) is 0 Å². The Bertz CT molecular complexity index is 673. The van der Waals surface area contributed by atoms with E-state index >= 15 is 0 Å². The monoisotopic (exact) mass is 302 g/mol.